The third-order valence-electron chi connectivity index (χ3n) is 3.42. The summed E-state index contributed by atoms with van der Waals surface area (Å²) < 4.78 is 7.27. The lowest BCUT2D eigenvalue weighted by Crippen LogP contribution is -2.35. The maximum Gasteiger partial charge on any atom is 0.410 e. The van der Waals surface area contributed by atoms with Crippen molar-refractivity contribution in [3.63, 3.8) is 0 Å². The van der Waals surface area contributed by atoms with E-state index >= 15 is 0 Å². The summed E-state index contributed by atoms with van der Waals surface area (Å²) in [7, 11) is 1.93. The highest BCUT2D eigenvalue weighted by Crippen LogP contribution is 2.22. The number of hydrogen-bond donors (Lipinski definition) is 1. The van der Waals surface area contributed by atoms with Crippen molar-refractivity contribution in [3.8, 4) is 0 Å². The van der Waals surface area contributed by atoms with Crippen LogP contribution in [0.25, 0.3) is 0 Å². The fourth-order valence-electron chi connectivity index (χ4n) is 2.36. The molecular weight excluding hydrogens is 258 g/mol. The van der Waals surface area contributed by atoms with Crippen LogP contribution < -0.4 is 0 Å². The molecule has 1 aliphatic heterocycles. The molecule has 0 saturated carbocycles. The summed E-state index contributed by atoms with van der Waals surface area (Å²) in [5, 5.41) is 10.1. The van der Waals surface area contributed by atoms with Crippen LogP contribution in [0.4, 0.5) is 4.79 Å². The molecule has 1 aromatic rings. The van der Waals surface area contributed by atoms with Crippen LogP contribution in [-0.2, 0) is 18.2 Å². The third-order valence-corrected chi connectivity index (χ3v) is 3.42. The molecule has 0 aromatic carbocycles. The van der Waals surface area contributed by atoms with Crippen LogP contribution in [0.3, 0.4) is 0 Å². The molecule has 1 aliphatic rings. The number of β-amino-alcohol motifs (C(OH)–C–C–N with tert-alkyl or cyclic N) is 1. The summed E-state index contributed by atoms with van der Waals surface area (Å²) in [5.41, 5.74) is -0.514. The van der Waals surface area contributed by atoms with Crippen molar-refractivity contribution in [1.29, 1.82) is 0 Å². The number of aromatic nitrogens is 2. The molecule has 2 heterocycles. The summed E-state index contributed by atoms with van der Waals surface area (Å²) in [6.07, 6.45) is 3.38. The van der Waals surface area contributed by atoms with Gasteiger partial charge in [0.1, 0.15) is 11.4 Å². The van der Waals surface area contributed by atoms with Crippen LogP contribution in [0.5, 0.6) is 0 Å². The van der Waals surface area contributed by atoms with Crippen LogP contribution in [0.1, 0.15) is 26.6 Å². The number of hydrogen-bond acceptors (Lipinski definition) is 4. The molecule has 2 atom stereocenters. The second kappa shape index (κ2) is 5.44. The van der Waals surface area contributed by atoms with Gasteiger partial charge in [0.25, 0.3) is 0 Å². The molecular formula is C14H23N3O3. The molecule has 6 heteroatoms. The number of aryl methyl sites for hydroxylation is 1. The second-order valence-corrected chi connectivity index (χ2v) is 6.37. The number of aliphatic hydroxyl groups is 1. The van der Waals surface area contributed by atoms with Gasteiger partial charge in [0.05, 0.1) is 12.6 Å². The highest BCUT2D eigenvalue weighted by Gasteiger charge is 2.36. The highest BCUT2D eigenvalue weighted by atomic mass is 16.6. The summed E-state index contributed by atoms with van der Waals surface area (Å²) in [6, 6.07) is 0. The quantitative estimate of drug-likeness (QED) is 0.884. The first-order chi connectivity index (χ1) is 9.26. The van der Waals surface area contributed by atoms with Crippen LogP contribution in [0, 0.1) is 5.92 Å². The van der Waals surface area contributed by atoms with Crippen LogP contribution >= 0.6 is 0 Å². The van der Waals surface area contributed by atoms with Gasteiger partial charge in [-0.1, -0.05) is 0 Å². The monoisotopic (exact) mass is 281 g/mol. The number of aliphatic hydroxyl groups excluding tert-OH is 1. The number of amides is 1. The normalized spacial score (nSPS) is 23.1. The zero-order chi connectivity index (χ0) is 14.9. The molecule has 0 radical (unpaired) electrons. The van der Waals surface area contributed by atoms with E-state index in [-0.39, 0.29) is 12.0 Å². The van der Waals surface area contributed by atoms with Gasteiger partial charge >= 0.3 is 6.09 Å². The van der Waals surface area contributed by atoms with Gasteiger partial charge in [0.2, 0.25) is 0 Å². The molecule has 1 fully saturated rings. The van der Waals surface area contributed by atoms with Gasteiger partial charge in [-0.25, -0.2) is 9.78 Å². The number of ether oxygens (including phenoxy) is 1. The van der Waals surface area contributed by atoms with Gasteiger partial charge in [-0.3, -0.25) is 0 Å². The zero-order valence-corrected chi connectivity index (χ0v) is 12.5. The first-order valence-corrected chi connectivity index (χ1v) is 6.88. The smallest absolute Gasteiger partial charge is 0.410 e. The minimum absolute atomic E-state index is 0.00335. The molecule has 0 bridgehead atoms. The molecule has 6 nitrogen and oxygen atoms in total. The van der Waals surface area contributed by atoms with Gasteiger partial charge in [0, 0.05) is 38.3 Å². The molecule has 1 N–H and O–H groups in total. The number of carbonyl (C=O) groups excluding carboxylic acids is 1. The standard InChI is InChI=1S/C14H23N3O3/c1-14(2,3)20-13(19)17-8-10(11(18)9-17)7-12-15-5-6-16(12)4/h5-6,10-11,18H,7-9H2,1-4H3. The molecule has 0 spiro atoms. The lowest BCUT2D eigenvalue weighted by atomic mass is 10.0. The Bertz CT molecular complexity index is 478. The topological polar surface area (TPSA) is 67.6 Å². The van der Waals surface area contributed by atoms with E-state index in [4.69, 9.17) is 4.74 Å². The van der Waals surface area contributed by atoms with Crippen molar-refractivity contribution < 1.29 is 14.6 Å². The van der Waals surface area contributed by atoms with E-state index in [9.17, 15) is 9.90 Å². The predicted octanol–water partition coefficient (Wildman–Crippen LogP) is 1.19. The summed E-state index contributed by atoms with van der Waals surface area (Å²) >= 11 is 0. The number of carbonyl (C=O) groups is 1. The molecule has 2 rings (SSSR count). The first-order valence-electron chi connectivity index (χ1n) is 6.88. The molecule has 20 heavy (non-hydrogen) atoms. The largest absolute Gasteiger partial charge is 0.444 e. The zero-order valence-electron chi connectivity index (χ0n) is 12.5. The molecule has 1 saturated heterocycles. The molecule has 1 aromatic heterocycles. The lowest BCUT2D eigenvalue weighted by molar-refractivity contribution is 0.0269. The molecule has 2 unspecified atom stereocenters. The van der Waals surface area contributed by atoms with E-state index in [1.54, 1.807) is 11.1 Å². The minimum atomic E-state index is -0.529. The lowest BCUT2D eigenvalue weighted by Gasteiger charge is -2.24. The Morgan fingerprint density at radius 1 is 1.50 bits per heavy atom. The van der Waals surface area contributed by atoms with Crippen molar-refractivity contribution in [1.82, 2.24) is 14.5 Å². The van der Waals surface area contributed by atoms with Crippen molar-refractivity contribution in [2.24, 2.45) is 13.0 Å². The highest BCUT2D eigenvalue weighted by molar-refractivity contribution is 5.68. The van der Waals surface area contributed by atoms with Gasteiger partial charge in [-0.15, -0.1) is 0 Å². The number of imidazole rings is 1. The summed E-state index contributed by atoms with van der Waals surface area (Å²) in [4.78, 5) is 17.8. The Kier molecular flexibility index (Phi) is 4.04. The minimum Gasteiger partial charge on any atom is -0.444 e. The Hall–Kier alpha value is -1.56. The van der Waals surface area contributed by atoms with Crippen molar-refractivity contribution in [3.05, 3.63) is 18.2 Å². The Morgan fingerprint density at radius 3 is 2.75 bits per heavy atom. The van der Waals surface area contributed by atoms with E-state index < -0.39 is 11.7 Å². The number of likely N-dealkylation sites (tertiary alicyclic amines) is 1. The molecule has 1 amide bonds. The maximum absolute atomic E-state index is 12.0. The van der Waals surface area contributed by atoms with Gasteiger partial charge in [-0.05, 0) is 20.8 Å². The summed E-state index contributed by atoms with van der Waals surface area (Å²) in [6.45, 7) is 6.33. The Balaban J connectivity index is 1.95. The van der Waals surface area contributed by atoms with Crippen molar-refractivity contribution in [2.75, 3.05) is 13.1 Å². The van der Waals surface area contributed by atoms with E-state index in [1.165, 1.54) is 0 Å². The third kappa shape index (κ3) is 3.50. The van der Waals surface area contributed by atoms with Crippen LogP contribution in [0.15, 0.2) is 12.4 Å². The van der Waals surface area contributed by atoms with Gasteiger partial charge in [-0.2, -0.15) is 0 Å². The number of rotatable bonds is 2. The van der Waals surface area contributed by atoms with Gasteiger partial charge < -0.3 is 19.3 Å². The first kappa shape index (κ1) is 14.8. The van der Waals surface area contributed by atoms with Crippen LogP contribution in [0.2, 0.25) is 0 Å². The molecule has 0 aliphatic carbocycles. The average Bonchev–Trinajstić information content (AvgIpc) is 2.86. The number of nitrogens with zero attached hydrogens (tertiary/aromatic N) is 3. The second-order valence-electron chi connectivity index (χ2n) is 6.37. The average molecular weight is 281 g/mol. The Labute approximate surface area is 119 Å². The predicted molar refractivity (Wildman–Crippen MR) is 74.2 cm³/mol. The maximum atomic E-state index is 12.0. The van der Waals surface area contributed by atoms with Gasteiger partial charge in [0.15, 0.2) is 0 Å². The fraction of sp³-hybridized carbons (Fsp3) is 0.714. The van der Waals surface area contributed by atoms with E-state index in [0.29, 0.717) is 19.5 Å². The SMILES string of the molecule is Cn1ccnc1CC1CN(C(=O)OC(C)(C)C)CC1O. The summed E-state index contributed by atoms with van der Waals surface area (Å²) in [5.74, 6) is 0.920. The van der Waals surface area contributed by atoms with Crippen molar-refractivity contribution in [2.45, 2.75) is 38.9 Å². The van der Waals surface area contributed by atoms with E-state index in [1.807, 2.05) is 38.6 Å². The molecule has 112 valence electrons. The van der Waals surface area contributed by atoms with E-state index in [2.05, 4.69) is 4.98 Å². The Morgan fingerprint density at radius 2 is 2.20 bits per heavy atom. The van der Waals surface area contributed by atoms with Crippen LogP contribution in [-0.4, -0.2) is 50.4 Å². The van der Waals surface area contributed by atoms with Crippen molar-refractivity contribution >= 4 is 6.09 Å². The van der Waals surface area contributed by atoms with E-state index in [0.717, 1.165) is 5.82 Å². The fourth-order valence-corrected chi connectivity index (χ4v) is 2.36.